The van der Waals surface area contributed by atoms with Crippen molar-refractivity contribution in [3.05, 3.63) is 80.3 Å². The Bertz CT molecular complexity index is 1500. The third-order valence-electron chi connectivity index (χ3n) is 8.04. The number of rotatable bonds is 5. The fourth-order valence-corrected chi connectivity index (χ4v) is 5.84. The van der Waals surface area contributed by atoms with Crippen molar-refractivity contribution in [2.75, 3.05) is 6.54 Å². The molecular formula is C28H27Cl2N5O4. The first-order valence-electron chi connectivity index (χ1n) is 13.0. The predicted molar refractivity (Wildman–Crippen MR) is 144 cm³/mol. The van der Waals surface area contributed by atoms with Gasteiger partial charge in [-0.15, -0.1) is 0 Å². The number of halogens is 2. The summed E-state index contributed by atoms with van der Waals surface area (Å²) in [6.07, 6.45) is 4.46. The minimum absolute atomic E-state index is 0.0191. The summed E-state index contributed by atoms with van der Waals surface area (Å²) in [5.74, 6) is -1.12. The van der Waals surface area contributed by atoms with Gasteiger partial charge in [-0.25, -0.2) is 9.48 Å². The van der Waals surface area contributed by atoms with Crippen LogP contribution in [0.3, 0.4) is 0 Å². The highest BCUT2D eigenvalue weighted by atomic mass is 35.5. The summed E-state index contributed by atoms with van der Waals surface area (Å²) in [5.41, 5.74) is 3.71. The second-order valence-electron chi connectivity index (χ2n) is 10.6. The number of aliphatic carboxylic acids is 1. The van der Waals surface area contributed by atoms with Crippen LogP contribution in [-0.2, 0) is 17.8 Å². The van der Waals surface area contributed by atoms with Crippen molar-refractivity contribution in [2.24, 2.45) is 0 Å². The lowest BCUT2D eigenvalue weighted by Crippen LogP contribution is -2.47. The number of amides is 2. The third-order valence-corrected chi connectivity index (χ3v) is 8.78. The molecular weight excluding hydrogens is 541 g/mol. The highest BCUT2D eigenvalue weighted by Crippen LogP contribution is 2.40. The summed E-state index contributed by atoms with van der Waals surface area (Å²) in [5, 5.41) is 15.3. The number of carboxylic acid groups (broad SMARTS) is 1. The van der Waals surface area contributed by atoms with Gasteiger partial charge in [-0.3, -0.25) is 14.6 Å². The molecule has 202 valence electrons. The van der Waals surface area contributed by atoms with Crippen LogP contribution in [0, 0.1) is 0 Å². The van der Waals surface area contributed by atoms with E-state index in [9.17, 15) is 19.5 Å². The number of hydrogen-bond donors (Lipinski definition) is 1. The molecule has 39 heavy (non-hydrogen) atoms. The average molecular weight is 568 g/mol. The molecule has 2 aliphatic heterocycles. The van der Waals surface area contributed by atoms with E-state index in [1.807, 2.05) is 26.0 Å². The van der Waals surface area contributed by atoms with E-state index in [4.69, 9.17) is 23.2 Å². The number of fused-ring (bicyclic) bond motifs is 3. The van der Waals surface area contributed by atoms with E-state index < -0.39 is 18.1 Å². The molecule has 1 unspecified atom stereocenters. The smallest absolute Gasteiger partial charge is 0.330 e. The molecule has 11 heteroatoms. The largest absolute Gasteiger partial charge is 0.480 e. The fourth-order valence-electron chi connectivity index (χ4n) is 5.54. The van der Waals surface area contributed by atoms with Crippen LogP contribution in [0.2, 0.25) is 10.0 Å². The average Bonchev–Trinajstić information content (AvgIpc) is 3.70. The van der Waals surface area contributed by atoms with Crippen LogP contribution in [0.15, 0.2) is 36.5 Å². The van der Waals surface area contributed by atoms with E-state index in [-0.39, 0.29) is 41.7 Å². The number of hydrogen-bond acceptors (Lipinski definition) is 5. The maximum Gasteiger partial charge on any atom is 0.330 e. The van der Waals surface area contributed by atoms with Crippen molar-refractivity contribution >= 4 is 41.0 Å². The molecule has 3 aliphatic rings. The maximum absolute atomic E-state index is 13.9. The zero-order valence-corrected chi connectivity index (χ0v) is 23.0. The van der Waals surface area contributed by atoms with Gasteiger partial charge in [0.05, 0.1) is 34.9 Å². The number of benzene rings is 1. The van der Waals surface area contributed by atoms with E-state index in [2.05, 4.69) is 10.1 Å². The highest BCUT2D eigenvalue weighted by molar-refractivity contribution is 6.42. The lowest BCUT2D eigenvalue weighted by molar-refractivity contribution is -0.142. The molecule has 0 saturated heterocycles. The van der Waals surface area contributed by atoms with Crippen LogP contribution in [0.1, 0.15) is 88.1 Å². The molecule has 1 fully saturated rings. The SMILES string of the molecule is CC(c1ccc(C2CC2)nc1)N1C[C@@H](C(=O)O)n2nc3c(c2C1=O)CN(C(=O)c1ccc(Cl)c(Cl)c1)[C@H](C)C3. The molecule has 1 aliphatic carbocycles. The van der Waals surface area contributed by atoms with Crippen LogP contribution in [0.5, 0.6) is 0 Å². The number of carboxylic acids is 1. The Morgan fingerprint density at radius 2 is 1.90 bits per heavy atom. The fraction of sp³-hybridized carbons (Fsp3) is 0.393. The van der Waals surface area contributed by atoms with Gasteiger partial charge in [0, 0.05) is 41.4 Å². The normalized spacial score (nSPS) is 21.4. The molecule has 3 aromatic rings. The second kappa shape index (κ2) is 9.64. The van der Waals surface area contributed by atoms with Gasteiger partial charge in [0.25, 0.3) is 11.8 Å². The molecule has 3 atom stereocenters. The van der Waals surface area contributed by atoms with Crippen molar-refractivity contribution in [2.45, 2.75) is 63.7 Å². The van der Waals surface area contributed by atoms with Crippen molar-refractivity contribution in [3.8, 4) is 0 Å². The molecule has 1 saturated carbocycles. The van der Waals surface area contributed by atoms with Gasteiger partial charge in [-0.1, -0.05) is 29.3 Å². The number of aromatic nitrogens is 3. The molecule has 1 aromatic carbocycles. The molecule has 4 heterocycles. The monoisotopic (exact) mass is 567 g/mol. The Labute approximate surface area is 235 Å². The molecule has 2 aromatic heterocycles. The lowest BCUT2D eigenvalue weighted by Gasteiger charge is -2.37. The van der Waals surface area contributed by atoms with Gasteiger partial charge in [0.2, 0.25) is 0 Å². The van der Waals surface area contributed by atoms with E-state index in [1.165, 1.54) is 10.7 Å². The Hall–Kier alpha value is -3.43. The quantitative estimate of drug-likeness (QED) is 0.470. The maximum atomic E-state index is 13.9. The second-order valence-corrected chi connectivity index (χ2v) is 11.4. The summed E-state index contributed by atoms with van der Waals surface area (Å²) in [7, 11) is 0. The van der Waals surface area contributed by atoms with Gasteiger partial charge in [0.15, 0.2) is 6.04 Å². The molecule has 1 N–H and O–H groups in total. The molecule has 6 rings (SSSR count). The summed E-state index contributed by atoms with van der Waals surface area (Å²) < 4.78 is 1.34. The first-order valence-corrected chi connectivity index (χ1v) is 13.8. The Morgan fingerprint density at radius 3 is 2.54 bits per heavy atom. The Balaban J connectivity index is 1.34. The van der Waals surface area contributed by atoms with Crippen LogP contribution >= 0.6 is 23.2 Å². The zero-order chi connectivity index (χ0) is 27.6. The molecule has 9 nitrogen and oxygen atoms in total. The van der Waals surface area contributed by atoms with Crippen molar-refractivity contribution in [3.63, 3.8) is 0 Å². The minimum Gasteiger partial charge on any atom is -0.480 e. The van der Waals surface area contributed by atoms with Crippen molar-refractivity contribution < 1.29 is 19.5 Å². The van der Waals surface area contributed by atoms with E-state index >= 15 is 0 Å². The predicted octanol–water partition coefficient (Wildman–Crippen LogP) is 4.89. The van der Waals surface area contributed by atoms with E-state index in [0.29, 0.717) is 34.2 Å². The molecule has 2 amide bonds. The molecule has 0 bridgehead atoms. The number of carbonyl (C=O) groups excluding carboxylic acids is 2. The Kier molecular flexibility index (Phi) is 6.38. The Morgan fingerprint density at radius 1 is 1.13 bits per heavy atom. The first-order chi connectivity index (χ1) is 18.6. The van der Waals surface area contributed by atoms with Gasteiger partial charge in [-0.05, 0) is 56.5 Å². The van der Waals surface area contributed by atoms with Crippen LogP contribution in [-0.4, -0.2) is 60.0 Å². The summed E-state index contributed by atoms with van der Waals surface area (Å²) >= 11 is 12.2. The van der Waals surface area contributed by atoms with Crippen molar-refractivity contribution in [1.29, 1.82) is 0 Å². The van der Waals surface area contributed by atoms with E-state index in [0.717, 1.165) is 24.1 Å². The first kappa shape index (κ1) is 25.8. The summed E-state index contributed by atoms with van der Waals surface area (Å²) in [6.45, 7) is 3.89. The molecule has 0 spiro atoms. The summed E-state index contributed by atoms with van der Waals surface area (Å²) in [4.78, 5) is 47.6. The summed E-state index contributed by atoms with van der Waals surface area (Å²) in [6, 6.07) is 7.02. The number of pyridine rings is 1. The minimum atomic E-state index is -1.07. The van der Waals surface area contributed by atoms with Gasteiger partial charge in [0.1, 0.15) is 5.69 Å². The van der Waals surface area contributed by atoms with Crippen LogP contribution < -0.4 is 0 Å². The van der Waals surface area contributed by atoms with Crippen LogP contribution in [0.25, 0.3) is 0 Å². The highest BCUT2D eigenvalue weighted by Gasteiger charge is 2.44. The zero-order valence-electron chi connectivity index (χ0n) is 21.5. The molecule has 0 radical (unpaired) electrons. The van der Waals surface area contributed by atoms with Crippen LogP contribution in [0.4, 0.5) is 0 Å². The van der Waals surface area contributed by atoms with Gasteiger partial charge < -0.3 is 14.9 Å². The standard InChI is InChI=1S/C28H27Cl2N5O4/c1-14-9-23-19(12-33(14)26(36)17-5-7-20(29)21(30)10-17)25-27(37)34(13-24(28(38)39)35(25)32-23)15(2)18-6-8-22(31-11-18)16-3-4-16/h5-8,10-11,14-16,24H,3-4,9,12-13H2,1-2H3,(H,38,39)/t14-,15?,24+/m1/s1. The lowest BCUT2D eigenvalue weighted by atomic mass is 9.96. The van der Waals surface area contributed by atoms with Crippen molar-refractivity contribution in [1.82, 2.24) is 24.6 Å². The number of nitrogens with zero attached hydrogens (tertiary/aromatic N) is 5. The van der Waals surface area contributed by atoms with E-state index in [1.54, 1.807) is 28.1 Å². The number of carbonyl (C=O) groups is 3. The van der Waals surface area contributed by atoms with Gasteiger partial charge in [-0.2, -0.15) is 5.10 Å². The van der Waals surface area contributed by atoms with Gasteiger partial charge >= 0.3 is 5.97 Å². The topological polar surface area (TPSA) is 109 Å². The third kappa shape index (κ3) is 4.47.